The number of nitriles is 1. The molecule has 116 valence electrons. The summed E-state index contributed by atoms with van der Waals surface area (Å²) in [6.45, 7) is 0.813. The first kappa shape index (κ1) is 15.1. The summed E-state index contributed by atoms with van der Waals surface area (Å²) in [6, 6.07) is 2.01. The first-order valence-corrected chi connectivity index (χ1v) is 7.48. The minimum Gasteiger partial charge on any atom is -0.286 e. The molecule has 0 spiro atoms. The van der Waals surface area contributed by atoms with Crippen LogP contribution in [0.15, 0.2) is 6.20 Å². The molecule has 1 amide bonds. The summed E-state index contributed by atoms with van der Waals surface area (Å²) in [4.78, 5) is 12.6. The van der Waals surface area contributed by atoms with E-state index in [2.05, 4.69) is 16.1 Å². The third-order valence-electron chi connectivity index (χ3n) is 3.74. The number of nitrogens with zero attached hydrogens (tertiary/aromatic N) is 6. The summed E-state index contributed by atoms with van der Waals surface area (Å²) >= 11 is 6.45. The zero-order chi connectivity index (χ0) is 16.4. The standard InChI is InChI=1S/C15H13ClN6O/c1-2-6-20(10-23)15-11(8-17)9-18-22(15)14-13(16)12-5-3-4-7-21(12)19-14/h1,9-10H,3-7H2. The van der Waals surface area contributed by atoms with Crippen LogP contribution in [0, 0.1) is 23.7 Å². The van der Waals surface area contributed by atoms with Crippen LogP contribution in [0.1, 0.15) is 24.1 Å². The molecule has 2 aromatic rings. The van der Waals surface area contributed by atoms with Crippen molar-refractivity contribution < 1.29 is 4.79 Å². The Labute approximate surface area is 138 Å². The SMILES string of the molecule is C#CCN(C=O)c1c(C#N)cnn1-c1nn2c(c1Cl)CCCC2. The van der Waals surface area contributed by atoms with Gasteiger partial charge in [0.2, 0.25) is 6.41 Å². The highest BCUT2D eigenvalue weighted by Gasteiger charge is 2.25. The van der Waals surface area contributed by atoms with Crippen molar-refractivity contribution in [1.29, 1.82) is 5.26 Å². The van der Waals surface area contributed by atoms with Gasteiger partial charge in [-0.05, 0) is 19.3 Å². The molecular formula is C15H13ClN6O. The fourth-order valence-electron chi connectivity index (χ4n) is 2.69. The lowest BCUT2D eigenvalue weighted by Crippen LogP contribution is -2.25. The average Bonchev–Trinajstić information content (AvgIpc) is 3.14. The summed E-state index contributed by atoms with van der Waals surface area (Å²) in [7, 11) is 0. The number of carbonyl (C=O) groups excluding carboxylic acids is 1. The number of hydrogen-bond donors (Lipinski definition) is 0. The normalized spacial score (nSPS) is 13.0. The van der Waals surface area contributed by atoms with Crippen molar-refractivity contribution in [1.82, 2.24) is 19.6 Å². The van der Waals surface area contributed by atoms with Gasteiger partial charge in [-0.3, -0.25) is 14.4 Å². The fraction of sp³-hybridized carbons (Fsp3) is 0.333. The molecule has 0 saturated heterocycles. The number of amides is 1. The van der Waals surface area contributed by atoms with Crippen molar-refractivity contribution in [3.05, 3.63) is 22.5 Å². The van der Waals surface area contributed by atoms with Crippen LogP contribution in [0.5, 0.6) is 0 Å². The maximum atomic E-state index is 11.3. The van der Waals surface area contributed by atoms with Crippen molar-refractivity contribution in [3.63, 3.8) is 0 Å². The molecule has 0 radical (unpaired) electrons. The number of halogens is 1. The first-order chi connectivity index (χ1) is 11.2. The Morgan fingerprint density at radius 2 is 2.35 bits per heavy atom. The van der Waals surface area contributed by atoms with E-state index in [1.165, 1.54) is 15.8 Å². The van der Waals surface area contributed by atoms with Crippen molar-refractivity contribution in [3.8, 4) is 24.2 Å². The average molecular weight is 329 g/mol. The number of rotatable bonds is 4. The molecule has 2 aromatic heterocycles. The van der Waals surface area contributed by atoms with Gasteiger partial charge in [-0.25, -0.2) is 0 Å². The maximum Gasteiger partial charge on any atom is 0.216 e. The predicted molar refractivity (Wildman–Crippen MR) is 84.3 cm³/mol. The molecular weight excluding hydrogens is 316 g/mol. The van der Waals surface area contributed by atoms with Gasteiger partial charge in [-0.2, -0.15) is 20.1 Å². The van der Waals surface area contributed by atoms with Crippen molar-refractivity contribution in [2.75, 3.05) is 11.4 Å². The third-order valence-corrected chi connectivity index (χ3v) is 4.12. The molecule has 8 heteroatoms. The molecule has 0 aliphatic carbocycles. The van der Waals surface area contributed by atoms with Gasteiger partial charge in [0, 0.05) is 6.54 Å². The summed E-state index contributed by atoms with van der Waals surface area (Å²) in [6.07, 6.45) is 10.2. The van der Waals surface area contributed by atoms with Crippen LogP contribution >= 0.6 is 11.6 Å². The topological polar surface area (TPSA) is 79.7 Å². The van der Waals surface area contributed by atoms with Crippen molar-refractivity contribution >= 4 is 23.8 Å². The van der Waals surface area contributed by atoms with Crippen LogP contribution in [0.2, 0.25) is 5.02 Å². The summed E-state index contributed by atoms with van der Waals surface area (Å²) in [5, 5.41) is 18.4. The minimum absolute atomic E-state index is 0.0229. The van der Waals surface area contributed by atoms with Gasteiger partial charge in [0.05, 0.1) is 18.4 Å². The Bertz CT molecular complexity index is 837. The number of aryl methyl sites for hydroxylation is 1. The Morgan fingerprint density at radius 3 is 3.00 bits per heavy atom. The van der Waals surface area contributed by atoms with Gasteiger partial charge < -0.3 is 0 Å². The van der Waals surface area contributed by atoms with E-state index in [4.69, 9.17) is 18.0 Å². The fourth-order valence-corrected chi connectivity index (χ4v) is 3.00. The molecule has 0 bridgehead atoms. The van der Waals surface area contributed by atoms with Crippen LogP contribution in [-0.2, 0) is 17.8 Å². The van der Waals surface area contributed by atoms with Gasteiger partial charge >= 0.3 is 0 Å². The quantitative estimate of drug-likeness (QED) is 0.629. The monoisotopic (exact) mass is 328 g/mol. The van der Waals surface area contributed by atoms with E-state index >= 15 is 0 Å². The highest BCUT2D eigenvalue weighted by molar-refractivity contribution is 6.33. The Morgan fingerprint density at radius 1 is 1.52 bits per heavy atom. The smallest absolute Gasteiger partial charge is 0.216 e. The van der Waals surface area contributed by atoms with Crippen molar-refractivity contribution in [2.45, 2.75) is 25.8 Å². The van der Waals surface area contributed by atoms with Crippen molar-refractivity contribution in [2.24, 2.45) is 0 Å². The molecule has 1 aliphatic heterocycles. The van der Waals surface area contributed by atoms with Gasteiger partial charge in [-0.15, -0.1) is 6.42 Å². The molecule has 0 N–H and O–H groups in total. The lowest BCUT2D eigenvalue weighted by molar-refractivity contribution is -0.107. The Balaban J connectivity index is 2.16. The number of aromatic nitrogens is 4. The van der Waals surface area contributed by atoms with E-state index in [1.54, 1.807) is 0 Å². The van der Waals surface area contributed by atoms with Gasteiger partial charge in [0.15, 0.2) is 11.6 Å². The van der Waals surface area contributed by atoms with Gasteiger partial charge in [0.25, 0.3) is 0 Å². The highest BCUT2D eigenvalue weighted by Crippen LogP contribution is 2.31. The number of terminal acetylenes is 1. The van der Waals surface area contributed by atoms with Crippen LogP contribution in [0.4, 0.5) is 5.82 Å². The van der Waals surface area contributed by atoms with Gasteiger partial charge in [0.1, 0.15) is 16.7 Å². The number of hydrogen-bond acceptors (Lipinski definition) is 4. The number of anilines is 1. The second kappa shape index (κ2) is 6.15. The predicted octanol–water partition coefficient (Wildman–Crippen LogP) is 1.53. The van der Waals surface area contributed by atoms with E-state index in [1.807, 2.05) is 10.8 Å². The molecule has 23 heavy (non-hydrogen) atoms. The molecule has 0 saturated carbocycles. The highest BCUT2D eigenvalue weighted by atomic mass is 35.5. The third kappa shape index (κ3) is 2.45. The minimum atomic E-state index is 0.0229. The summed E-state index contributed by atoms with van der Waals surface area (Å²) in [5.74, 6) is 3.07. The number of fused-ring (bicyclic) bond motifs is 1. The summed E-state index contributed by atoms with van der Waals surface area (Å²) < 4.78 is 3.25. The van der Waals surface area contributed by atoms with Crippen LogP contribution < -0.4 is 4.90 Å². The Hall–Kier alpha value is -2.77. The Kier molecular flexibility index (Phi) is 4.05. The molecule has 0 fully saturated rings. The molecule has 3 heterocycles. The molecule has 1 aliphatic rings. The van der Waals surface area contributed by atoms with E-state index in [-0.39, 0.29) is 17.9 Å². The number of carbonyl (C=O) groups is 1. The molecule has 0 aromatic carbocycles. The van der Waals surface area contributed by atoms with E-state index in [9.17, 15) is 10.1 Å². The zero-order valence-corrected chi connectivity index (χ0v) is 13.0. The van der Waals surface area contributed by atoms with E-state index in [0.717, 1.165) is 31.5 Å². The lowest BCUT2D eigenvalue weighted by atomic mass is 10.1. The van der Waals surface area contributed by atoms with Gasteiger partial charge in [-0.1, -0.05) is 17.5 Å². The molecule has 0 unspecified atom stereocenters. The van der Waals surface area contributed by atoms with Crippen LogP contribution in [0.25, 0.3) is 5.82 Å². The molecule has 7 nitrogen and oxygen atoms in total. The lowest BCUT2D eigenvalue weighted by Gasteiger charge is -2.15. The second-order valence-electron chi connectivity index (χ2n) is 5.11. The maximum absolute atomic E-state index is 11.3. The first-order valence-electron chi connectivity index (χ1n) is 7.10. The zero-order valence-electron chi connectivity index (χ0n) is 12.2. The van der Waals surface area contributed by atoms with Crippen LogP contribution in [0.3, 0.4) is 0 Å². The molecule has 0 atom stereocenters. The largest absolute Gasteiger partial charge is 0.286 e. The molecule has 3 rings (SSSR count). The van der Waals surface area contributed by atoms with E-state index < -0.39 is 0 Å². The summed E-state index contributed by atoms with van der Waals surface area (Å²) in [5.41, 5.74) is 1.18. The van der Waals surface area contributed by atoms with E-state index in [0.29, 0.717) is 17.3 Å². The second-order valence-corrected chi connectivity index (χ2v) is 5.49. The van der Waals surface area contributed by atoms with Crippen LogP contribution in [-0.4, -0.2) is 32.5 Å².